The van der Waals surface area contributed by atoms with Crippen LogP contribution in [0.4, 0.5) is 0 Å². The fourth-order valence-corrected chi connectivity index (χ4v) is 3.37. The predicted octanol–water partition coefficient (Wildman–Crippen LogP) is 4.19. The fourth-order valence-electron chi connectivity index (χ4n) is 3.37. The number of hydrogen-bond acceptors (Lipinski definition) is 4. The number of oxazole rings is 1. The summed E-state index contributed by atoms with van der Waals surface area (Å²) in [6.07, 6.45) is 4.49. The Kier molecular flexibility index (Phi) is 3.62. The summed E-state index contributed by atoms with van der Waals surface area (Å²) < 4.78 is 5.99. The van der Waals surface area contributed by atoms with Gasteiger partial charge in [-0.2, -0.15) is 5.26 Å². The van der Waals surface area contributed by atoms with Crippen molar-refractivity contribution < 1.29 is 4.42 Å². The second-order valence-electron chi connectivity index (χ2n) is 6.29. The van der Waals surface area contributed by atoms with Gasteiger partial charge in [0.05, 0.1) is 17.3 Å². The molecule has 1 aliphatic rings. The minimum absolute atomic E-state index is 0.369. The van der Waals surface area contributed by atoms with Crippen molar-refractivity contribution in [1.82, 2.24) is 9.97 Å². The first-order valence-corrected chi connectivity index (χ1v) is 8.14. The van der Waals surface area contributed by atoms with Crippen molar-refractivity contribution >= 4 is 0 Å². The van der Waals surface area contributed by atoms with Crippen LogP contribution in [0.5, 0.6) is 0 Å². The molecule has 0 aliphatic heterocycles. The summed E-state index contributed by atoms with van der Waals surface area (Å²) in [6, 6.07) is 14.1. The third kappa shape index (κ3) is 2.69. The average molecular weight is 315 g/mol. The maximum atomic E-state index is 9.19. The monoisotopic (exact) mass is 315 g/mol. The lowest BCUT2D eigenvalue weighted by molar-refractivity contribution is 0.457. The van der Waals surface area contributed by atoms with Crippen molar-refractivity contribution in [3.63, 3.8) is 0 Å². The second kappa shape index (κ2) is 5.93. The van der Waals surface area contributed by atoms with Crippen molar-refractivity contribution in [3.8, 4) is 17.7 Å². The largest absolute Gasteiger partial charge is 0.440 e. The molecule has 1 unspecified atom stereocenters. The van der Waals surface area contributed by atoms with Gasteiger partial charge in [0.15, 0.2) is 0 Å². The van der Waals surface area contributed by atoms with E-state index in [1.165, 1.54) is 5.56 Å². The summed E-state index contributed by atoms with van der Waals surface area (Å²) >= 11 is 0. The minimum atomic E-state index is 0.369. The summed E-state index contributed by atoms with van der Waals surface area (Å²) in [5.74, 6) is 1.92. The third-order valence-electron chi connectivity index (χ3n) is 4.52. The van der Waals surface area contributed by atoms with E-state index >= 15 is 0 Å². The van der Waals surface area contributed by atoms with Crippen LogP contribution in [-0.2, 0) is 12.8 Å². The molecule has 1 aliphatic carbocycles. The zero-order valence-electron chi connectivity index (χ0n) is 13.5. The molecule has 0 N–H and O–H groups in total. The van der Waals surface area contributed by atoms with Crippen molar-refractivity contribution in [2.24, 2.45) is 0 Å². The molecule has 0 saturated carbocycles. The van der Waals surface area contributed by atoms with Gasteiger partial charge in [0.2, 0.25) is 5.89 Å². The summed E-state index contributed by atoms with van der Waals surface area (Å²) in [5.41, 5.74) is 4.88. The Bertz CT molecular complexity index is 922. The fraction of sp³-hybridized carbons (Fsp3) is 0.250. The van der Waals surface area contributed by atoms with Gasteiger partial charge in [-0.15, -0.1) is 0 Å². The molecule has 4 rings (SSSR count). The van der Waals surface area contributed by atoms with E-state index in [4.69, 9.17) is 4.42 Å². The third-order valence-corrected chi connectivity index (χ3v) is 4.52. The van der Waals surface area contributed by atoms with E-state index in [0.717, 1.165) is 47.5 Å². The molecule has 4 nitrogen and oxygen atoms in total. The smallest absolute Gasteiger partial charge is 0.245 e. The molecule has 24 heavy (non-hydrogen) atoms. The van der Waals surface area contributed by atoms with Gasteiger partial charge in [0.25, 0.3) is 0 Å². The number of aromatic nitrogens is 2. The number of pyridine rings is 1. The normalized spacial score (nSPS) is 16.4. The molecule has 0 radical (unpaired) electrons. The molecule has 0 amide bonds. The second-order valence-corrected chi connectivity index (χ2v) is 6.29. The predicted molar refractivity (Wildman–Crippen MR) is 90.4 cm³/mol. The number of rotatable bonds is 2. The highest BCUT2D eigenvalue weighted by Crippen LogP contribution is 2.35. The van der Waals surface area contributed by atoms with E-state index in [-0.39, 0.29) is 0 Å². The zero-order valence-corrected chi connectivity index (χ0v) is 13.5. The van der Waals surface area contributed by atoms with Crippen LogP contribution in [0, 0.1) is 18.3 Å². The highest BCUT2D eigenvalue weighted by Gasteiger charge is 2.26. The number of aryl methyl sites for hydroxylation is 2. The lowest BCUT2D eigenvalue weighted by Crippen LogP contribution is -2.12. The Hall–Kier alpha value is -2.93. The van der Waals surface area contributed by atoms with Crippen LogP contribution >= 0.6 is 0 Å². The Morgan fingerprint density at radius 3 is 2.96 bits per heavy atom. The van der Waals surface area contributed by atoms with Gasteiger partial charge >= 0.3 is 0 Å². The van der Waals surface area contributed by atoms with Gasteiger partial charge in [0, 0.05) is 12.6 Å². The van der Waals surface area contributed by atoms with Gasteiger partial charge in [-0.1, -0.05) is 12.1 Å². The van der Waals surface area contributed by atoms with Crippen LogP contribution in [0.1, 0.15) is 40.5 Å². The average Bonchev–Trinajstić information content (AvgIpc) is 3.05. The molecule has 4 heteroatoms. The molecule has 0 fully saturated rings. The Balaban J connectivity index is 1.64. The van der Waals surface area contributed by atoms with Gasteiger partial charge in [0.1, 0.15) is 11.5 Å². The molecular formula is C20H17N3O. The quantitative estimate of drug-likeness (QED) is 0.711. The summed E-state index contributed by atoms with van der Waals surface area (Å²) in [5, 5.41) is 9.19. The highest BCUT2D eigenvalue weighted by atomic mass is 16.4. The van der Waals surface area contributed by atoms with Gasteiger partial charge < -0.3 is 4.42 Å². The van der Waals surface area contributed by atoms with Crippen LogP contribution in [0.15, 0.2) is 47.0 Å². The van der Waals surface area contributed by atoms with E-state index in [2.05, 4.69) is 22.1 Å². The van der Waals surface area contributed by atoms with E-state index in [9.17, 15) is 5.26 Å². The standard InChI is InChI=1S/C20H17N3O/c1-13-8-14(12-21)10-16(9-13)15-5-6-17-19(11-15)24-20(23-17)18-4-2-3-7-22-18/h2-4,7-10,15H,5-6,11H2,1H3. The molecule has 0 spiro atoms. The SMILES string of the molecule is Cc1cc(C#N)cc(C2CCc3nc(-c4ccccn4)oc3C2)c1. The lowest BCUT2D eigenvalue weighted by Gasteiger charge is -2.21. The van der Waals surface area contributed by atoms with Crippen LogP contribution in [0.3, 0.4) is 0 Å². The maximum absolute atomic E-state index is 9.19. The first-order valence-electron chi connectivity index (χ1n) is 8.14. The number of benzene rings is 1. The molecule has 1 aromatic carbocycles. The highest BCUT2D eigenvalue weighted by molar-refractivity contribution is 5.48. The topological polar surface area (TPSA) is 62.7 Å². The van der Waals surface area contributed by atoms with Crippen LogP contribution in [0.2, 0.25) is 0 Å². The Morgan fingerprint density at radius 2 is 2.17 bits per heavy atom. The van der Waals surface area contributed by atoms with E-state index in [0.29, 0.717) is 11.8 Å². The minimum Gasteiger partial charge on any atom is -0.440 e. The zero-order chi connectivity index (χ0) is 16.5. The van der Waals surface area contributed by atoms with Crippen molar-refractivity contribution in [2.45, 2.75) is 32.1 Å². The summed E-state index contributed by atoms with van der Waals surface area (Å²) in [6.45, 7) is 2.03. The molecule has 1 atom stereocenters. The van der Waals surface area contributed by atoms with Crippen molar-refractivity contribution in [3.05, 3.63) is 70.7 Å². The lowest BCUT2D eigenvalue weighted by atomic mass is 9.84. The molecule has 2 heterocycles. The summed E-state index contributed by atoms with van der Waals surface area (Å²) in [7, 11) is 0. The maximum Gasteiger partial charge on any atom is 0.245 e. The van der Waals surface area contributed by atoms with Crippen molar-refractivity contribution in [2.75, 3.05) is 0 Å². The molecule has 2 aromatic heterocycles. The molecule has 3 aromatic rings. The Morgan fingerprint density at radius 1 is 1.25 bits per heavy atom. The van der Waals surface area contributed by atoms with Gasteiger partial charge in [-0.05, 0) is 61.1 Å². The van der Waals surface area contributed by atoms with Crippen molar-refractivity contribution in [1.29, 1.82) is 5.26 Å². The molecule has 0 bridgehead atoms. The number of fused-ring (bicyclic) bond motifs is 1. The first-order chi connectivity index (χ1) is 11.7. The molecule has 118 valence electrons. The van der Waals surface area contributed by atoms with Gasteiger partial charge in [-0.3, -0.25) is 4.98 Å². The van der Waals surface area contributed by atoms with Crippen LogP contribution in [-0.4, -0.2) is 9.97 Å². The van der Waals surface area contributed by atoms with E-state index in [1.54, 1.807) is 6.20 Å². The first kappa shape index (κ1) is 14.6. The van der Waals surface area contributed by atoms with Crippen LogP contribution in [0.25, 0.3) is 11.6 Å². The molecular weight excluding hydrogens is 298 g/mol. The summed E-state index contributed by atoms with van der Waals surface area (Å²) in [4.78, 5) is 8.93. The van der Waals surface area contributed by atoms with Crippen LogP contribution < -0.4 is 0 Å². The number of nitrogens with zero attached hydrogens (tertiary/aromatic N) is 3. The molecule has 0 saturated heterocycles. The number of hydrogen-bond donors (Lipinski definition) is 0. The van der Waals surface area contributed by atoms with Gasteiger partial charge in [-0.25, -0.2) is 4.98 Å². The van der Waals surface area contributed by atoms with E-state index < -0.39 is 0 Å². The Labute approximate surface area is 140 Å². The van der Waals surface area contributed by atoms with E-state index in [1.807, 2.05) is 37.3 Å². The number of nitriles is 1.